The molecule has 1 aliphatic heterocycles. The van der Waals surface area contributed by atoms with Gasteiger partial charge in [-0.15, -0.1) is 0 Å². The van der Waals surface area contributed by atoms with Crippen LogP contribution in [0.2, 0.25) is 0 Å². The Morgan fingerprint density at radius 2 is 1.19 bits per heavy atom. The number of benzene rings is 4. The summed E-state index contributed by atoms with van der Waals surface area (Å²) in [6.45, 7) is 12.7. The van der Waals surface area contributed by atoms with Crippen LogP contribution >= 0.6 is 0 Å². The van der Waals surface area contributed by atoms with Gasteiger partial charge < -0.3 is 34.2 Å². The van der Waals surface area contributed by atoms with Crippen LogP contribution in [-0.4, -0.2) is 93.0 Å². The quantitative estimate of drug-likeness (QED) is 0.0631. The number of hydrogen-bond donors (Lipinski definition) is 3. The number of Topliss-reactive ketones (excluding diaryl/α,β-unsaturated/α-hetero) is 4. The summed E-state index contributed by atoms with van der Waals surface area (Å²) in [6, 6.07) is 24.1. The number of aryl methyl sites for hydroxylation is 6. The van der Waals surface area contributed by atoms with Gasteiger partial charge in [0, 0.05) is 90.4 Å². The summed E-state index contributed by atoms with van der Waals surface area (Å²) in [7, 11) is 5.61. The Morgan fingerprint density at radius 3 is 1.72 bits per heavy atom. The standard InChI is InChI=1S/C30H32N2O4.C15H18O2.C9H7NO.C6H10O4/c1-16-11-17(2)26(18(3)12-16)19-13-23-28(25(33)14-19)27(21-7-6-8-22-20(21)9-10-31-22)29(30(34)36-5)24(32-23)15-35-4;1-9-4-10(2)15(11(3)5-9)12-6-13(16)8-14(17)7-12;11-6-7-2-1-3-9-8(7)4-5-10-9;1-9-4-5(7)3-6(8)10-2/h6-12,19,27,31-32H,13-15H2,1-5H3;4-5,12H,6-8H2,1-3H3;1-6,10H;3-4H2,1-2H3. The Hall–Kier alpha value is -7.55. The molecule has 2 aliphatic carbocycles. The van der Waals surface area contributed by atoms with Crippen molar-refractivity contribution in [1.29, 1.82) is 0 Å². The van der Waals surface area contributed by atoms with Gasteiger partial charge in [0.05, 0.1) is 38.5 Å². The van der Waals surface area contributed by atoms with Crippen molar-refractivity contribution in [3.05, 3.63) is 163 Å². The number of methoxy groups -OCH3 is 4. The molecule has 1 fully saturated rings. The number of dihydropyridines is 1. The fourth-order valence-electron chi connectivity index (χ4n) is 11.0. The second-order valence-electron chi connectivity index (χ2n) is 19.2. The number of aldehydes is 1. The molecule has 2 unspecified atom stereocenters. The number of aromatic nitrogens is 2. The number of hydrogen-bond acceptors (Lipinski definition) is 12. The highest BCUT2D eigenvalue weighted by Gasteiger charge is 2.43. The zero-order chi connectivity index (χ0) is 53.8. The lowest BCUT2D eigenvalue weighted by Gasteiger charge is -2.38. The van der Waals surface area contributed by atoms with Gasteiger partial charge in [0.1, 0.15) is 24.6 Å². The van der Waals surface area contributed by atoms with Crippen molar-refractivity contribution in [3.63, 3.8) is 0 Å². The SMILES string of the molecule is COCC(=O)CC(=O)OC.COCC1=C(C(=O)OC)C(c2cccc3[nH]ccc23)C2=C(CC(c3c(C)cc(C)cc3C)CC2=O)N1.Cc1cc(C)c(C2CC(=O)CC(=O)C2)c(C)c1.O=Cc1cccc2[nH]ccc12. The normalized spacial score (nSPS) is 16.5. The molecule has 0 bridgehead atoms. The molecule has 0 spiro atoms. The topological polar surface area (TPSA) is 200 Å². The van der Waals surface area contributed by atoms with E-state index in [0.717, 1.165) is 44.9 Å². The molecule has 3 N–H and O–H groups in total. The zero-order valence-electron chi connectivity index (χ0n) is 44.0. The molecule has 3 heterocycles. The molecule has 2 aromatic heterocycles. The summed E-state index contributed by atoms with van der Waals surface area (Å²) in [4.78, 5) is 88.0. The van der Waals surface area contributed by atoms with Gasteiger partial charge in [-0.25, -0.2) is 4.79 Å². The van der Waals surface area contributed by atoms with Gasteiger partial charge in [0.2, 0.25) is 0 Å². The number of nitrogens with one attached hydrogen (secondary N) is 3. The second kappa shape index (κ2) is 25.4. The summed E-state index contributed by atoms with van der Waals surface area (Å²) >= 11 is 0. The van der Waals surface area contributed by atoms with Gasteiger partial charge >= 0.3 is 11.9 Å². The van der Waals surface area contributed by atoms with Crippen LogP contribution in [0.25, 0.3) is 21.8 Å². The second-order valence-corrected chi connectivity index (χ2v) is 19.2. The lowest BCUT2D eigenvalue weighted by molar-refractivity contribution is -0.144. The van der Waals surface area contributed by atoms with E-state index in [2.05, 4.69) is 90.6 Å². The number of esters is 2. The number of allylic oxidation sites excluding steroid dienone is 2. The van der Waals surface area contributed by atoms with Crippen LogP contribution in [0, 0.1) is 41.5 Å². The predicted octanol–water partition coefficient (Wildman–Crippen LogP) is 10.0. The zero-order valence-corrected chi connectivity index (χ0v) is 44.0. The van der Waals surface area contributed by atoms with Crippen molar-refractivity contribution in [2.75, 3.05) is 41.7 Å². The van der Waals surface area contributed by atoms with E-state index in [4.69, 9.17) is 9.47 Å². The van der Waals surface area contributed by atoms with Gasteiger partial charge in [-0.3, -0.25) is 28.8 Å². The number of carbonyl (C=O) groups is 7. The molecular weight excluding hydrogens is 939 g/mol. The molecule has 2 atom stereocenters. The first-order valence-corrected chi connectivity index (χ1v) is 24.6. The Balaban J connectivity index is 0.000000192. The first-order chi connectivity index (χ1) is 35.4. The van der Waals surface area contributed by atoms with Crippen LogP contribution < -0.4 is 5.32 Å². The van der Waals surface area contributed by atoms with Crippen molar-refractivity contribution in [2.45, 2.75) is 97.8 Å². The van der Waals surface area contributed by atoms with Crippen molar-refractivity contribution in [2.24, 2.45) is 0 Å². The first kappa shape index (κ1) is 55.8. The molecule has 74 heavy (non-hydrogen) atoms. The third kappa shape index (κ3) is 13.2. The molecule has 6 aromatic rings. The van der Waals surface area contributed by atoms with Crippen LogP contribution in [-0.2, 0) is 47.7 Å². The monoisotopic (exact) mass is 1010 g/mol. The molecular formula is C60H67N3O11. The summed E-state index contributed by atoms with van der Waals surface area (Å²) in [5.41, 5.74) is 15.9. The molecule has 3 aliphatic rings. The minimum absolute atomic E-state index is 0.0326. The van der Waals surface area contributed by atoms with Gasteiger partial charge in [-0.05, 0) is 123 Å². The van der Waals surface area contributed by atoms with Crippen LogP contribution in [0.4, 0.5) is 0 Å². The summed E-state index contributed by atoms with van der Waals surface area (Å²) in [6.07, 6.45) is 6.65. The molecule has 388 valence electrons. The molecule has 0 saturated heterocycles. The minimum Gasteiger partial charge on any atom is -0.469 e. The van der Waals surface area contributed by atoms with Crippen LogP contribution in [0.1, 0.15) is 117 Å². The van der Waals surface area contributed by atoms with E-state index in [9.17, 15) is 33.6 Å². The van der Waals surface area contributed by atoms with E-state index >= 15 is 0 Å². The van der Waals surface area contributed by atoms with Crippen LogP contribution in [0.15, 0.2) is 108 Å². The molecule has 9 rings (SSSR count). The Bertz CT molecular complexity index is 3110. The van der Waals surface area contributed by atoms with Gasteiger partial charge in [0.15, 0.2) is 17.9 Å². The van der Waals surface area contributed by atoms with Crippen molar-refractivity contribution < 1.29 is 52.5 Å². The highest BCUT2D eigenvalue weighted by atomic mass is 16.5. The van der Waals surface area contributed by atoms with Crippen LogP contribution in [0.5, 0.6) is 0 Å². The molecule has 4 aromatic carbocycles. The Morgan fingerprint density at radius 1 is 0.649 bits per heavy atom. The molecule has 14 nitrogen and oxygen atoms in total. The highest BCUT2D eigenvalue weighted by molar-refractivity contribution is 6.06. The van der Waals surface area contributed by atoms with Gasteiger partial charge in [0.25, 0.3) is 0 Å². The molecule has 14 heteroatoms. The van der Waals surface area contributed by atoms with Crippen molar-refractivity contribution in [3.8, 4) is 0 Å². The number of ether oxygens (including phenoxy) is 4. The summed E-state index contributed by atoms with van der Waals surface area (Å²) in [5.74, 6) is -1.39. The average Bonchev–Trinajstić information content (AvgIpc) is 4.04. The number of aromatic amines is 2. The molecule has 0 amide bonds. The number of ketones is 4. The van der Waals surface area contributed by atoms with Crippen molar-refractivity contribution in [1.82, 2.24) is 15.3 Å². The Labute approximate surface area is 432 Å². The molecule has 0 radical (unpaired) electrons. The number of fused-ring (bicyclic) bond motifs is 2. The third-order valence-electron chi connectivity index (χ3n) is 13.6. The number of rotatable bonds is 11. The van der Waals surface area contributed by atoms with E-state index in [0.29, 0.717) is 42.5 Å². The lowest BCUT2D eigenvalue weighted by atomic mass is 9.70. The highest BCUT2D eigenvalue weighted by Crippen LogP contribution is 2.48. The fraction of sp³-hybridized carbons (Fsp3) is 0.350. The fourth-order valence-corrected chi connectivity index (χ4v) is 11.0. The minimum atomic E-state index is -0.535. The van der Waals surface area contributed by atoms with E-state index < -0.39 is 17.9 Å². The van der Waals surface area contributed by atoms with Crippen molar-refractivity contribution >= 4 is 63.2 Å². The maximum Gasteiger partial charge on any atom is 0.336 e. The number of carbonyl (C=O) groups excluding carboxylic acids is 7. The smallest absolute Gasteiger partial charge is 0.336 e. The van der Waals surface area contributed by atoms with Gasteiger partial charge in [-0.2, -0.15) is 0 Å². The maximum absolute atomic E-state index is 14.0. The van der Waals surface area contributed by atoms with Crippen LogP contribution in [0.3, 0.4) is 0 Å². The third-order valence-corrected chi connectivity index (χ3v) is 13.6. The Kier molecular flexibility index (Phi) is 19.1. The molecule has 1 saturated carbocycles. The average molecular weight is 1010 g/mol. The van der Waals surface area contributed by atoms with E-state index in [1.165, 1.54) is 65.8 Å². The number of H-pyrrole nitrogens is 2. The van der Waals surface area contributed by atoms with E-state index in [-0.39, 0.29) is 61.0 Å². The van der Waals surface area contributed by atoms with Gasteiger partial charge in [-0.1, -0.05) is 59.7 Å². The van der Waals surface area contributed by atoms with E-state index in [1.807, 2.05) is 60.9 Å². The van der Waals surface area contributed by atoms with E-state index in [1.54, 1.807) is 7.11 Å². The lowest BCUT2D eigenvalue weighted by Crippen LogP contribution is -2.38. The largest absolute Gasteiger partial charge is 0.469 e. The first-order valence-electron chi connectivity index (χ1n) is 24.6. The summed E-state index contributed by atoms with van der Waals surface area (Å²) < 4.78 is 19.5. The maximum atomic E-state index is 14.0. The predicted molar refractivity (Wildman–Crippen MR) is 284 cm³/mol. The summed E-state index contributed by atoms with van der Waals surface area (Å²) in [5, 5.41) is 5.42.